The highest BCUT2D eigenvalue weighted by Crippen LogP contribution is 1.99. The van der Waals surface area contributed by atoms with E-state index in [0.29, 0.717) is 0 Å². The standard InChI is InChI=1S/C11H17N3O/c1-4-7-13-11(15)10(3)14(8-5-2)9-6-12/h1,10H,5,7-9H2,2-3H3,(H,13,15). The second-order valence-electron chi connectivity index (χ2n) is 3.23. The topological polar surface area (TPSA) is 56.1 Å². The summed E-state index contributed by atoms with van der Waals surface area (Å²) in [5.41, 5.74) is 0. The summed E-state index contributed by atoms with van der Waals surface area (Å²) in [5.74, 6) is 2.21. The number of nitriles is 1. The van der Waals surface area contributed by atoms with Crippen LogP contribution in [0.15, 0.2) is 0 Å². The van der Waals surface area contributed by atoms with Crippen LogP contribution in [-0.4, -0.2) is 36.5 Å². The molecule has 0 saturated carbocycles. The van der Waals surface area contributed by atoms with Crippen molar-refractivity contribution >= 4 is 5.91 Å². The Bertz CT molecular complexity index is 275. The number of terminal acetylenes is 1. The summed E-state index contributed by atoms with van der Waals surface area (Å²) in [6.07, 6.45) is 5.95. The maximum absolute atomic E-state index is 11.5. The van der Waals surface area contributed by atoms with Gasteiger partial charge in [0.25, 0.3) is 0 Å². The Morgan fingerprint density at radius 2 is 2.33 bits per heavy atom. The normalized spacial score (nSPS) is 11.5. The molecule has 1 amide bonds. The van der Waals surface area contributed by atoms with Crippen molar-refractivity contribution in [1.29, 1.82) is 5.26 Å². The van der Waals surface area contributed by atoms with Crippen LogP contribution >= 0.6 is 0 Å². The van der Waals surface area contributed by atoms with E-state index in [4.69, 9.17) is 11.7 Å². The zero-order valence-corrected chi connectivity index (χ0v) is 9.29. The summed E-state index contributed by atoms with van der Waals surface area (Å²) in [5, 5.41) is 11.2. The maximum Gasteiger partial charge on any atom is 0.237 e. The summed E-state index contributed by atoms with van der Waals surface area (Å²) in [4.78, 5) is 13.4. The monoisotopic (exact) mass is 207 g/mol. The highest BCUT2D eigenvalue weighted by atomic mass is 16.2. The molecular formula is C11H17N3O. The van der Waals surface area contributed by atoms with Crippen LogP contribution in [0.5, 0.6) is 0 Å². The quantitative estimate of drug-likeness (QED) is 0.505. The lowest BCUT2D eigenvalue weighted by Gasteiger charge is -2.24. The Kier molecular flexibility index (Phi) is 7.05. The second-order valence-corrected chi connectivity index (χ2v) is 3.23. The van der Waals surface area contributed by atoms with Crippen molar-refractivity contribution < 1.29 is 4.79 Å². The van der Waals surface area contributed by atoms with Gasteiger partial charge in [0.05, 0.1) is 25.2 Å². The molecule has 15 heavy (non-hydrogen) atoms. The van der Waals surface area contributed by atoms with Gasteiger partial charge in [-0.2, -0.15) is 5.26 Å². The third kappa shape index (κ3) is 5.05. The number of hydrogen-bond donors (Lipinski definition) is 1. The van der Waals surface area contributed by atoms with E-state index in [0.717, 1.165) is 13.0 Å². The smallest absolute Gasteiger partial charge is 0.237 e. The van der Waals surface area contributed by atoms with E-state index in [-0.39, 0.29) is 25.0 Å². The van der Waals surface area contributed by atoms with Gasteiger partial charge in [-0.25, -0.2) is 0 Å². The lowest BCUT2D eigenvalue weighted by Crippen LogP contribution is -2.45. The van der Waals surface area contributed by atoms with Crippen molar-refractivity contribution in [3.8, 4) is 18.4 Å². The lowest BCUT2D eigenvalue weighted by atomic mass is 10.2. The van der Waals surface area contributed by atoms with Crippen molar-refractivity contribution in [3.63, 3.8) is 0 Å². The molecule has 0 fully saturated rings. The molecule has 82 valence electrons. The SMILES string of the molecule is C#CCNC(=O)C(C)N(CC#N)CCC. The maximum atomic E-state index is 11.5. The van der Waals surface area contributed by atoms with Crippen molar-refractivity contribution in [2.45, 2.75) is 26.3 Å². The van der Waals surface area contributed by atoms with E-state index < -0.39 is 0 Å². The van der Waals surface area contributed by atoms with E-state index in [1.807, 2.05) is 11.8 Å². The van der Waals surface area contributed by atoms with E-state index >= 15 is 0 Å². The number of hydrogen-bond acceptors (Lipinski definition) is 3. The van der Waals surface area contributed by atoms with E-state index in [9.17, 15) is 4.79 Å². The molecule has 0 bridgehead atoms. The molecule has 0 heterocycles. The van der Waals surface area contributed by atoms with Gasteiger partial charge in [-0.15, -0.1) is 6.42 Å². The van der Waals surface area contributed by atoms with Crippen LogP contribution in [0.4, 0.5) is 0 Å². The largest absolute Gasteiger partial charge is 0.344 e. The van der Waals surface area contributed by atoms with Crippen LogP contribution < -0.4 is 5.32 Å². The minimum Gasteiger partial charge on any atom is -0.344 e. The second kappa shape index (κ2) is 7.84. The molecule has 0 aromatic heterocycles. The fraction of sp³-hybridized carbons (Fsp3) is 0.636. The third-order valence-corrected chi connectivity index (χ3v) is 2.08. The first-order valence-corrected chi connectivity index (χ1v) is 4.99. The van der Waals surface area contributed by atoms with E-state index in [1.165, 1.54) is 0 Å². The van der Waals surface area contributed by atoms with Crippen LogP contribution in [0.3, 0.4) is 0 Å². The van der Waals surface area contributed by atoms with Gasteiger partial charge in [-0.3, -0.25) is 9.69 Å². The Balaban J connectivity index is 4.23. The molecule has 0 saturated heterocycles. The van der Waals surface area contributed by atoms with Crippen LogP contribution in [-0.2, 0) is 4.79 Å². The molecule has 4 heteroatoms. The average Bonchev–Trinajstić information content (AvgIpc) is 2.24. The summed E-state index contributed by atoms with van der Waals surface area (Å²) in [7, 11) is 0. The molecular weight excluding hydrogens is 190 g/mol. The molecule has 0 rings (SSSR count). The first-order valence-electron chi connectivity index (χ1n) is 4.99. The van der Waals surface area contributed by atoms with Crippen molar-refractivity contribution in [1.82, 2.24) is 10.2 Å². The number of amides is 1. The molecule has 1 atom stereocenters. The van der Waals surface area contributed by atoms with Gasteiger partial charge >= 0.3 is 0 Å². The van der Waals surface area contributed by atoms with Gasteiger partial charge in [0.15, 0.2) is 0 Å². The number of carbonyl (C=O) groups excluding carboxylic acids is 1. The van der Waals surface area contributed by atoms with Gasteiger partial charge in [-0.05, 0) is 19.9 Å². The summed E-state index contributed by atoms with van der Waals surface area (Å²) in [6, 6.07) is 1.74. The highest BCUT2D eigenvalue weighted by molar-refractivity contribution is 5.81. The molecule has 1 unspecified atom stereocenters. The molecule has 0 spiro atoms. The molecule has 1 N–H and O–H groups in total. The predicted octanol–water partition coefficient (Wildman–Crippen LogP) is 0.360. The number of carbonyl (C=O) groups is 1. The predicted molar refractivity (Wildman–Crippen MR) is 58.8 cm³/mol. The Labute approximate surface area is 91.3 Å². The number of nitrogens with zero attached hydrogens (tertiary/aromatic N) is 2. The summed E-state index contributed by atoms with van der Waals surface area (Å²) >= 11 is 0. The fourth-order valence-electron chi connectivity index (χ4n) is 1.24. The van der Waals surface area contributed by atoms with E-state index in [1.54, 1.807) is 6.92 Å². The van der Waals surface area contributed by atoms with Gasteiger partial charge in [-0.1, -0.05) is 12.8 Å². The number of nitrogens with one attached hydrogen (secondary N) is 1. The van der Waals surface area contributed by atoms with Gasteiger partial charge in [0.1, 0.15) is 0 Å². The Hall–Kier alpha value is -1.52. The third-order valence-electron chi connectivity index (χ3n) is 2.08. The summed E-state index contributed by atoms with van der Waals surface area (Å²) in [6.45, 7) is 5.02. The lowest BCUT2D eigenvalue weighted by molar-refractivity contribution is -0.125. The fourth-order valence-corrected chi connectivity index (χ4v) is 1.24. The van der Waals surface area contributed by atoms with Crippen molar-refractivity contribution in [3.05, 3.63) is 0 Å². The molecule has 0 aliphatic carbocycles. The van der Waals surface area contributed by atoms with Crippen LogP contribution in [0.1, 0.15) is 20.3 Å². The number of rotatable bonds is 6. The van der Waals surface area contributed by atoms with Gasteiger partial charge < -0.3 is 5.32 Å². The van der Waals surface area contributed by atoms with Gasteiger partial charge in [0.2, 0.25) is 5.91 Å². The zero-order chi connectivity index (χ0) is 11.7. The minimum atomic E-state index is -0.307. The van der Waals surface area contributed by atoms with Gasteiger partial charge in [0, 0.05) is 0 Å². The van der Waals surface area contributed by atoms with Crippen LogP contribution in [0.2, 0.25) is 0 Å². The summed E-state index contributed by atoms with van der Waals surface area (Å²) < 4.78 is 0. The highest BCUT2D eigenvalue weighted by Gasteiger charge is 2.19. The molecule has 4 nitrogen and oxygen atoms in total. The average molecular weight is 207 g/mol. The first-order chi connectivity index (χ1) is 7.17. The molecule has 0 aliphatic rings. The van der Waals surface area contributed by atoms with Crippen LogP contribution in [0.25, 0.3) is 0 Å². The Morgan fingerprint density at radius 1 is 1.67 bits per heavy atom. The van der Waals surface area contributed by atoms with Crippen molar-refractivity contribution in [2.75, 3.05) is 19.6 Å². The molecule has 0 aliphatic heterocycles. The van der Waals surface area contributed by atoms with E-state index in [2.05, 4.69) is 17.3 Å². The zero-order valence-electron chi connectivity index (χ0n) is 9.29. The molecule has 0 aromatic carbocycles. The van der Waals surface area contributed by atoms with Crippen LogP contribution in [0, 0.1) is 23.7 Å². The molecule has 0 radical (unpaired) electrons. The Morgan fingerprint density at radius 3 is 2.80 bits per heavy atom. The molecule has 0 aromatic rings. The minimum absolute atomic E-state index is 0.128. The first kappa shape index (κ1) is 13.5. The van der Waals surface area contributed by atoms with Crippen molar-refractivity contribution in [2.24, 2.45) is 0 Å².